The fourth-order valence-electron chi connectivity index (χ4n) is 4.98. The van der Waals surface area contributed by atoms with Crippen LogP contribution in [0.5, 0.6) is 0 Å². The highest BCUT2D eigenvalue weighted by atomic mass is 16.3. The minimum atomic E-state index is -0.474. The van der Waals surface area contributed by atoms with Crippen molar-refractivity contribution in [3.63, 3.8) is 0 Å². The van der Waals surface area contributed by atoms with Crippen molar-refractivity contribution >= 4 is 0 Å². The lowest BCUT2D eigenvalue weighted by atomic mass is 9.55. The zero-order chi connectivity index (χ0) is 14.6. The van der Waals surface area contributed by atoms with E-state index in [9.17, 15) is 5.11 Å². The molecular weight excluding hydrogens is 246 g/mol. The zero-order valence-electron chi connectivity index (χ0n) is 13.7. The third-order valence-corrected chi connectivity index (χ3v) is 6.54. The first kappa shape index (κ1) is 16.3. The molecule has 0 aliphatic heterocycles. The average molecular weight is 281 g/mol. The second kappa shape index (κ2) is 6.79. The molecule has 0 amide bonds. The largest absolute Gasteiger partial charge is 0.389 e. The highest BCUT2D eigenvalue weighted by molar-refractivity contribution is 5.04. The minimum absolute atomic E-state index is 0.0189. The van der Waals surface area contributed by atoms with Gasteiger partial charge in [0.2, 0.25) is 0 Å². The molecule has 2 atom stereocenters. The SMILES string of the molecule is CCCC1CCC(CN)(C2(O)CCCC(CC)C2)CC1. The van der Waals surface area contributed by atoms with Crippen LogP contribution < -0.4 is 5.73 Å². The van der Waals surface area contributed by atoms with Gasteiger partial charge < -0.3 is 10.8 Å². The summed E-state index contributed by atoms with van der Waals surface area (Å²) in [6.45, 7) is 5.23. The van der Waals surface area contributed by atoms with Gasteiger partial charge in [-0.15, -0.1) is 0 Å². The van der Waals surface area contributed by atoms with E-state index in [1.165, 1.54) is 44.9 Å². The number of rotatable bonds is 5. The molecule has 0 aromatic heterocycles. The van der Waals surface area contributed by atoms with Crippen molar-refractivity contribution in [2.75, 3.05) is 6.54 Å². The van der Waals surface area contributed by atoms with E-state index in [2.05, 4.69) is 13.8 Å². The van der Waals surface area contributed by atoms with Crippen molar-refractivity contribution in [1.82, 2.24) is 0 Å². The Morgan fingerprint density at radius 3 is 2.30 bits per heavy atom. The van der Waals surface area contributed by atoms with Gasteiger partial charge in [0.05, 0.1) is 5.60 Å². The van der Waals surface area contributed by atoms with Gasteiger partial charge in [-0.3, -0.25) is 0 Å². The summed E-state index contributed by atoms with van der Waals surface area (Å²) >= 11 is 0. The second-order valence-corrected chi connectivity index (χ2v) is 7.62. The van der Waals surface area contributed by atoms with Crippen molar-refractivity contribution in [1.29, 1.82) is 0 Å². The van der Waals surface area contributed by atoms with Gasteiger partial charge in [0.15, 0.2) is 0 Å². The van der Waals surface area contributed by atoms with E-state index in [0.29, 0.717) is 12.5 Å². The van der Waals surface area contributed by atoms with Gasteiger partial charge in [0.25, 0.3) is 0 Å². The lowest BCUT2D eigenvalue weighted by molar-refractivity contribution is -0.137. The average Bonchev–Trinajstić information content (AvgIpc) is 2.48. The Hall–Kier alpha value is -0.0800. The number of hydrogen-bond donors (Lipinski definition) is 2. The number of aliphatic hydroxyl groups is 1. The lowest BCUT2D eigenvalue weighted by Crippen LogP contribution is -2.56. The summed E-state index contributed by atoms with van der Waals surface area (Å²) in [7, 11) is 0. The molecule has 2 heteroatoms. The molecule has 118 valence electrons. The summed E-state index contributed by atoms with van der Waals surface area (Å²) in [5.41, 5.74) is 5.75. The Morgan fingerprint density at radius 1 is 1.05 bits per heavy atom. The summed E-state index contributed by atoms with van der Waals surface area (Å²) < 4.78 is 0. The van der Waals surface area contributed by atoms with Crippen LogP contribution in [0.25, 0.3) is 0 Å². The van der Waals surface area contributed by atoms with Crippen molar-refractivity contribution in [2.45, 2.75) is 90.1 Å². The third-order valence-electron chi connectivity index (χ3n) is 6.54. The molecular formula is C18H35NO. The topological polar surface area (TPSA) is 46.2 Å². The molecule has 2 nitrogen and oxygen atoms in total. The van der Waals surface area contributed by atoms with Crippen molar-refractivity contribution in [2.24, 2.45) is 23.0 Å². The maximum absolute atomic E-state index is 11.4. The molecule has 20 heavy (non-hydrogen) atoms. The van der Waals surface area contributed by atoms with Crippen molar-refractivity contribution < 1.29 is 5.11 Å². The van der Waals surface area contributed by atoms with E-state index in [-0.39, 0.29) is 5.41 Å². The van der Waals surface area contributed by atoms with Gasteiger partial charge in [-0.1, -0.05) is 46.0 Å². The molecule has 0 radical (unpaired) electrons. The highest BCUT2D eigenvalue weighted by Gasteiger charge is 2.51. The smallest absolute Gasteiger partial charge is 0.0718 e. The van der Waals surface area contributed by atoms with Crippen LogP contribution in [0.3, 0.4) is 0 Å². The first-order chi connectivity index (χ1) is 9.59. The fourth-order valence-corrected chi connectivity index (χ4v) is 4.98. The predicted molar refractivity (Wildman–Crippen MR) is 85.6 cm³/mol. The molecule has 0 aromatic rings. The molecule has 2 aliphatic carbocycles. The van der Waals surface area contributed by atoms with Crippen molar-refractivity contribution in [3.8, 4) is 0 Å². The van der Waals surface area contributed by atoms with Crippen LogP contribution in [0.1, 0.15) is 84.5 Å². The molecule has 0 saturated heterocycles. The number of nitrogens with two attached hydrogens (primary N) is 1. The standard InChI is InChI=1S/C18H35NO/c1-3-6-16-8-11-17(14-19,12-9-16)18(20)10-5-7-15(4-2)13-18/h15-16,20H,3-14,19H2,1-2H3. The van der Waals surface area contributed by atoms with Gasteiger partial charge in [-0.2, -0.15) is 0 Å². The molecule has 0 heterocycles. The maximum Gasteiger partial charge on any atom is 0.0718 e. The molecule has 2 fully saturated rings. The highest BCUT2D eigenvalue weighted by Crippen LogP contribution is 2.53. The van der Waals surface area contributed by atoms with Gasteiger partial charge in [-0.25, -0.2) is 0 Å². The third kappa shape index (κ3) is 3.06. The van der Waals surface area contributed by atoms with Crippen molar-refractivity contribution in [3.05, 3.63) is 0 Å². The van der Waals surface area contributed by atoms with E-state index in [0.717, 1.165) is 31.6 Å². The molecule has 3 N–H and O–H groups in total. The van der Waals surface area contributed by atoms with E-state index in [4.69, 9.17) is 5.73 Å². The summed E-state index contributed by atoms with van der Waals surface area (Å²) in [4.78, 5) is 0. The van der Waals surface area contributed by atoms with E-state index < -0.39 is 5.60 Å². The van der Waals surface area contributed by atoms with Gasteiger partial charge >= 0.3 is 0 Å². The molecule has 0 spiro atoms. The summed E-state index contributed by atoms with van der Waals surface area (Å²) in [6, 6.07) is 0. The second-order valence-electron chi connectivity index (χ2n) is 7.62. The Labute approximate surface area is 125 Å². The monoisotopic (exact) mass is 281 g/mol. The lowest BCUT2D eigenvalue weighted by Gasteiger charge is -2.53. The molecule has 2 unspecified atom stereocenters. The van der Waals surface area contributed by atoms with E-state index in [1.807, 2.05) is 0 Å². The first-order valence-electron chi connectivity index (χ1n) is 9.01. The van der Waals surface area contributed by atoms with E-state index >= 15 is 0 Å². The number of hydrogen-bond acceptors (Lipinski definition) is 2. The first-order valence-corrected chi connectivity index (χ1v) is 9.01. The van der Waals surface area contributed by atoms with Crippen LogP contribution in [0.4, 0.5) is 0 Å². The Kier molecular flexibility index (Phi) is 5.53. The molecule has 0 aromatic carbocycles. The molecule has 0 bridgehead atoms. The van der Waals surface area contributed by atoms with Gasteiger partial charge in [0, 0.05) is 12.0 Å². The van der Waals surface area contributed by atoms with Gasteiger partial charge in [-0.05, 0) is 50.4 Å². The quantitative estimate of drug-likeness (QED) is 0.791. The Morgan fingerprint density at radius 2 is 1.75 bits per heavy atom. The summed E-state index contributed by atoms with van der Waals surface area (Å²) in [6.07, 6.45) is 13.2. The van der Waals surface area contributed by atoms with E-state index in [1.54, 1.807) is 0 Å². The van der Waals surface area contributed by atoms with Crippen LogP contribution in [0.15, 0.2) is 0 Å². The zero-order valence-corrected chi connectivity index (χ0v) is 13.7. The van der Waals surface area contributed by atoms with Crippen LogP contribution in [0, 0.1) is 17.3 Å². The normalized spacial score (nSPS) is 42.6. The van der Waals surface area contributed by atoms with Crippen LogP contribution >= 0.6 is 0 Å². The minimum Gasteiger partial charge on any atom is -0.389 e. The van der Waals surface area contributed by atoms with Crippen LogP contribution in [0.2, 0.25) is 0 Å². The summed E-state index contributed by atoms with van der Waals surface area (Å²) in [5.74, 6) is 1.60. The summed E-state index contributed by atoms with van der Waals surface area (Å²) in [5, 5.41) is 11.4. The molecule has 2 saturated carbocycles. The van der Waals surface area contributed by atoms with Crippen LogP contribution in [-0.4, -0.2) is 17.3 Å². The molecule has 2 rings (SSSR count). The molecule has 2 aliphatic rings. The van der Waals surface area contributed by atoms with Crippen LogP contribution in [-0.2, 0) is 0 Å². The fraction of sp³-hybridized carbons (Fsp3) is 1.00. The Bertz CT molecular complexity index is 296. The Balaban J connectivity index is 2.07. The predicted octanol–water partition coefficient (Wildman–Crippen LogP) is 4.25. The van der Waals surface area contributed by atoms with Gasteiger partial charge in [0.1, 0.15) is 0 Å². The maximum atomic E-state index is 11.4.